The number of phenols is 1. The first-order valence-electron chi connectivity index (χ1n) is 8.62. The maximum Gasteiger partial charge on any atom is 0.320 e. The number of benzene rings is 2. The highest BCUT2D eigenvalue weighted by atomic mass is 16.5. The van der Waals surface area contributed by atoms with E-state index in [-0.39, 0.29) is 40.0 Å². The van der Waals surface area contributed by atoms with Crippen molar-refractivity contribution in [2.45, 2.75) is 6.42 Å². The maximum absolute atomic E-state index is 13.1. The number of esters is 2. The monoisotopic (exact) mass is 398 g/mol. The molecule has 8 nitrogen and oxygen atoms in total. The Hall–Kier alpha value is -3.68. The summed E-state index contributed by atoms with van der Waals surface area (Å²) in [5.74, 6) is -4.31. The summed E-state index contributed by atoms with van der Waals surface area (Å²) in [5, 5.41) is 10.8. The zero-order valence-corrected chi connectivity index (χ0v) is 16.0. The van der Waals surface area contributed by atoms with Crippen LogP contribution in [0.4, 0.5) is 0 Å². The molecule has 0 atom stereocenters. The van der Waals surface area contributed by atoms with E-state index in [1.165, 1.54) is 25.3 Å². The van der Waals surface area contributed by atoms with Gasteiger partial charge in [-0.15, -0.1) is 0 Å². The molecule has 0 amide bonds. The molecule has 2 aromatic rings. The Kier molecular flexibility index (Phi) is 5.36. The second kappa shape index (κ2) is 7.75. The summed E-state index contributed by atoms with van der Waals surface area (Å²) in [6, 6.07) is 7.43. The third-order valence-corrected chi connectivity index (χ3v) is 4.85. The Morgan fingerprint density at radius 1 is 0.897 bits per heavy atom. The highest BCUT2D eigenvalue weighted by Gasteiger charge is 2.36. The predicted octanol–water partition coefficient (Wildman–Crippen LogP) is 1.68. The van der Waals surface area contributed by atoms with Crippen LogP contribution in [0.1, 0.15) is 37.4 Å². The molecule has 0 saturated carbocycles. The summed E-state index contributed by atoms with van der Waals surface area (Å²) < 4.78 is 14.4. The number of ether oxygens (including phenoxy) is 3. The van der Waals surface area contributed by atoms with Crippen molar-refractivity contribution in [1.82, 2.24) is 0 Å². The summed E-state index contributed by atoms with van der Waals surface area (Å²) in [6.45, 7) is 0. The largest absolute Gasteiger partial charge is 0.507 e. The number of rotatable bonds is 5. The molecule has 0 aromatic heterocycles. The molecule has 0 spiro atoms. The van der Waals surface area contributed by atoms with Crippen LogP contribution in [-0.2, 0) is 25.5 Å². The van der Waals surface area contributed by atoms with E-state index in [9.17, 15) is 24.3 Å². The van der Waals surface area contributed by atoms with Gasteiger partial charge in [0.1, 0.15) is 11.5 Å². The topological polar surface area (TPSA) is 116 Å². The number of carbonyl (C=O) groups is 4. The predicted molar refractivity (Wildman–Crippen MR) is 99.2 cm³/mol. The lowest BCUT2D eigenvalue weighted by atomic mass is 9.81. The second-order valence-corrected chi connectivity index (χ2v) is 6.34. The number of ketones is 2. The van der Waals surface area contributed by atoms with Gasteiger partial charge in [0.05, 0.1) is 32.5 Å². The van der Waals surface area contributed by atoms with E-state index in [4.69, 9.17) is 4.74 Å². The molecule has 3 rings (SSSR count). The lowest BCUT2D eigenvalue weighted by Gasteiger charge is -2.22. The fourth-order valence-corrected chi connectivity index (χ4v) is 3.38. The number of carbonyl (C=O) groups excluding carboxylic acids is 4. The van der Waals surface area contributed by atoms with Gasteiger partial charge in [-0.25, -0.2) is 0 Å². The van der Waals surface area contributed by atoms with Crippen LogP contribution in [-0.4, -0.2) is 49.9 Å². The summed E-state index contributed by atoms with van der Waals surface area (Å²) in [7, 11) is 3.61. The fourth-order valence-electron chi connectivity index (χ4n) is 3.38. The standard InChI is InChI=1S/C21H18O8/c1-27-14-6-4-5-11-15(14)19(24)16-12(18(11)23)8-7-10(17(16)22)9-13(20(25)28-2)21(26)29-3/h4-8,13,22H,9H2,1-3H3. The Balaban J connectivity index is 2.11. The number of phenolic OH excluding ortho intramolecular Hbond substituents is 1. The molecule has 0 aliphatic heterocycles. The third-order valence-electron chi connectivity index (χ3n) is 4.85. The van der Waals surface area contributed by atoms with Crippen molar-refractivity contribution in [3.05, 3.63) is 58.1 Å². The van der Waals surface area contributed by atoms with Crippen molar-refractivity contribution < 1.29 is 38.5 Å². The fraction of sp³-hybridized carbons (Fsp3) is 0.238. The molecular formula is C21H18O8. The summed E-state index contributed by atoms with van der Waals surface area (Å²) >= 11 is 0. The normalized spacial score (nSPS) is 12.3. The van der Waals surface area contributed by atoms with Crippen LogP contribution in [0, 0.1) is 5.92 Å². The first-order valence-corrected chi connectivity index (χ1v) is 8.62. The Morgan fingerprint density at radius 3 is 2.10 bits per heavy atom. The second-order valence-electron chi connectivity index (χ2n) is 6.34. The summed E-state index contributed by atoms with van der Waals surface area (Å²) in [4.78, 5) is 49.8. The molecule has 2 aromatic carbocycles. The van der Waals surface area contributed by atoms with Crippen molar-refractivity contribution in [2.75, 3.05) is 21.3 Å². The number of methoxy groups -OCH3 is 3. The summed E-state index contributed by atoms with van der Waals surface area (Å²) in [5.41, 5.74) is 0.195. The molecule has 150 valence electrons. The smallest absolute Gasteiger partial charge is 0.320 e. The molecule has 0 fully saturated rings. The van der Waals surface area contributed by atoms with Crippen molar-refractivity contribution in [1.29, 1.82) is 0 Å². The van der Waals surface area contributed by atoms with Crippen LogP contribution in [0.15, 0.2) is 30.3 Å². The van der Waals surface area contributed by atoms with Gasteiger partial charge in [0.15, 0.2) is 11.7 Å². The third kappa shape index (κ3) is 3.22. The minimum atomic E-state index is -1.33. The van der Waals surface area contributed by atoms with Gasteiger partial charge in [0.2, 0.25) is 5.78 Å². The van der Waals surface area contributed by atoms with Crippen LogP contribution in [0.3, 0.4) is 0 Å². The van der Waals surface area contributed by atoms with Crippen molar-refractivity contribution in [3.63, 3.8) is 0 Å². The SMILES string of the molecule is COC(=O)C(Cc1ccc2c(c1O)C(=O)c1c(OC)cccc1C2=O)C(=O)OC. The van der Waals surface area contributed by atoms with E-state index in [0.717, 1.165) is 14.2 Å². The van der Waals surface area contributed by atoms with Gasteiger partial charge in [-0.3, -0.25) is 19.2 Å². The van der Waals surface area contributed by atoms with Crippen LogP contribution in [0.5, 0.6) is 11.5 Å². The van der Waals surface area contributed by atoms with E-state index in [0.29, 0.717) is 0 Å². The maximum atomic E-state index is 13.1. The lowest BCUT2D eigenvalue weighted by Crippen LogP contribution is -2.29. The van der Waals surface area contributed by atoms with E-state index in [1.807, 2.05) is 0 Å². The average molecular weight is 398 g/mol. The number of hydrogen-bond acceptors (Lipinski definition) is 8. The molecule has 0 bridgehead atoms. The molecule has 1 aliphatic carbocycles. The molecule has 8 heteroatoms. The van der Waals surface area contributed by atoms with Crippen molar-refractivity contribution >= 4 is 23.5 Å². The van der Waals surface area contributed by atoms with E-state index in [1.54, 1.807) is 12.1 Å². The highest BCUT2D eigenvalue weighted by Crippen LogP contribution is 2.38. The van der Waals surface area contributed by atoms with Gasteiger partial charge < -0.3 is 19.3 Å². The van der Waals surface area contributed by atoms with Gasteiger partial charge >= 0.3 is 11.9 Å². The Labute approximate surface area is 166 Å². The first-order chi connectivity index (χ1) is 13.8. The van der Waals surface area contributed by atoms with E-state index < -0.39 is 35.2 Å². The number of aromatic hydroxyl groups is 1. The molecule has 0 radical (unpaired) electrons. The molecule has 1 N–H and O–H groups in total. The van der Waals surface area contributed by atoms with Crippen molar-refractivity contribution in [3.8, 4) is 11.5 Å². The highest BCUT2D eigenvalue weighted by molar-refractivity contribution is 6.30. The Bertz CT molecular complexity index is 1020. The van der Waals surface area contributed by atoms with Gasteiger partial charge in [-0.2, -0.15) is 0 Å². The van der Waals surface area contributed by atoms with Gasteiger partial charge in [-0.05, 0) is 24.1 Å². The van der Waals surface area contributed by atoms with Crippen LogP contribution >= 0.6 is 0 Å². The van der Waals surface area contributed by atoms with Gasteiger partial charge in [0.25, 0.3) is 0 Å². The van der Waals surface area contributed by atoms with Crippen molar-refractivity contribution in [2.24, 2.45) is 5.92 Å². The van der Waals surface area contributed by atoms with Crippen LogP contribution < -0.4 is 4.74 Å². The summed E-state index contributed by atoms with van der Waals surface area (Å²) in [6.07, 6.45) is -0.265. The molecule has 0 saturated heterocycles. The quantitative estimate of drug-likeness (QED) is 0.510. The Morgan fingerprint density at radius 2 is 1.52 bits per heavy atom. The molecule has 0 heterocycles. The average Bonchev–Trinajstić information content (AvgIpc) is 2.74. The van der Waals surface area contributed by atoms with E-state index >= 15 is 0 Å². The van der Waals surface area contributed by atoms with E-state index in [2.05, 4.69) is 9.47 Å². The van der Waals surface area contributed by atoms with Crippen LogP contribution in [0.25, 0.3) is 0 Å². The molecule has 0 unspecified atom stereocenters. The van der Waals surface area contributed by atoms with Gasteiger partial charge in [-0.1, -0.05) is 18.2 Å². The molecular weight excluding hydrogens is 380 g/mol. The first kappa shape index (κ1) is 20.1. The minimum absolute atomic E-state index is 0.0321. The zero-order valence-electron chi connectivity index (χ0n) is 16.0. The molecule has 29 heavy (non-hydrogen) atoms. The molecule has 1 aliphatic rings. The van der Waals surface area contributed by atoms with Crippen LogP contribution in [0.2, 0.25) is 0 Å². The number of fused-ring (bicyclic) bond motifs is 2. The number of hydrogen-bond donors (Lipinski definition) is 1. The lowest BCUT2D eigenvalue weighted by molar-refractivity contribution is -0.158. The minimum Gasteiger partial charge on any atom is -0.507 e. The zero-order chi connectivity index (χ0) is 21.3. The van der Waals surface area contributed by atoms with Gasteiger partial charge in [0, 0.05) is 11.1 Å².